The first kappa shape index (κ1) is 17.3. The number of hydrogen-bond acceptors (Lipinski definition) is 5. The zero-order valence-corrected chi connectivity index (χ0v) is 14.7. The van der Waals surface area contributed by atoms with Crippen molar-refractivity contribution in [2.75, 3.05) is 0 Å². The lowest BCUT2D eigenvalue weighted by molar-refractivity contribution is 0.0945. The monoisotopic (exact) mass is 373 g/mol. The average molecular weight is 373 g/mol. The summed E-state index contributed by atoms with van der Waals surface area (Å²) in [5, 5.41) is 15.0. The van der Waals surface area contributed by atoms with Gasteiger partial charge < -0.3 is 9.73 Å². The Morgan fingerprint density at radius 1 is 1.25 bits per heavy atom. The molecule has 8 nitrogen and oxygen atoms in total. The minimum atomic E-state index is -0.380. The number of terminal acetylenes is 1. The molecule has 3 heterocycles. The summed E-state index contributed by atoms with van der Waals surface area (Å²) in [6, 6.07) is 12.2. The van der Waals surface area contributed by atoms with E-state index in [2.05, 4.69) is 26.5 Å². The topological polar surface area (TPSA) is 106 Å². The van der Waals surface area contributed by atoms with E-state index in [1.165, 1.54) is 10.9 Å². The van der Waals surface area contributed by atoms with Crippen molar-refractivity contribution in [2.24, 2.45) is 0 Å². The smallest absolute Gasteiger partial charge is 0.275 e. The fourth-order valence-electron chi connectivity index (χ4n) is 2.88. The zero-order valence-electron chi connectivity index (χ0n) is 14.7. The number of carbonyl (C=O) groups is 1. The standard InChI is InChI=1S/C20H15N5O3/c1-2-9-25-20(27)14-7-4-3-6-13(14)17(24-25)12-21-19(26)16-11-15(22-23-16)18-8-5-10-28-18/h1,3-8,10-11H,9,12H2,(H,21,26)(H,22,23). The summed E-state index contributed by atoms with van der Waals surface area (Å²) in [7, 11) is 0. The summed E-state index contributed by atoms with van der Waals surface area (Å²) in [5.74, 6) is 2.62. The number of fused-ring (bicyclic) bond motifs is 1. The van der Waals surface area contributed by atoms with E-state index in [-0.39, 0.29) is 30.2 Å². The van der Waals surface area contributed by atoms with Gasteiger partial charge in [0.25, 0.3) is 11.5 Å². The Bertz CT molecular complexity index is 1250. The lowest BCUT2D eigenvalue weighted by Crippen LogP contribution is -2.28. The average Bonchev–Trinajstić information content (AvgIpc) is 3.41. The number of hydrogen-bond donors (Lipinski definition) is 2. The molecule has 0 radical (unpaired) electrons. The Morgan fingerprint density at radius 2 is 2.07 bits per heavy atom. The van der Waals surface area contributed by atoms with E-state index >= 15 is 0 Å². The summed E-state index contributed by atoms with van der Waals surface area (Å²) >= 11 is 0. The molecule has 0 fully saturated rings. The van der Waals surface area contributed by atoms with Crippen LogP contribution < -0.4 is 10.9 Å². The van der Waals surface area contributed by atoms with Crippen molar-refractivity contribution in [1.29, 1.82) is 0 Å². The van der Waals surface area contributed by atoms with Crippen molar-refractivity contribution in [3.8, 4) is 23.8 Å². The van der Waals surface area contributed by atoms with Crippen LogP contribution >= 0.6 is 0 Å². The molecule has 0 aliphatic carbocycles. The van der Waals surface area contributed by atoms with Gasteiger partial charge in [0.05, 0.1) is 23.9 Å². The van der Waals surface area contributed by atoms with Gasteiger partial charge in [-0.1, -0.05) is 24.1 Å². The molecule has 0 bridgehead atoms. The molecule has 8 heteroatoms. The Kier molecular flexibility index (Phi) is 4.48. The number of nitrogens with zero attached hydrogens (tertiary/aromatic N) is 3. The normalized spacial score (nSPS) is 10.7. The van der Waals surface area contributed by atoms with Crippen molar-refractivity contribution in [3.05, 3.63) is 70.5 Å². The van der Waals surface area contributed by atoms with Crippen molar-refractivity contribution >= 4 is 16.7 Å². The second-order valence-corrected chi connectivity index (χ2v) is 5.99. The highest BCUT2D eigenvalue weighted by molar-refractivity contribution is 5.93. The number of benzene rings is 1. The predicted molar refractivity (Wildman–Crippen MR) is 102 cm³/mol. The number of H-pyrrole nitrogens is 1. The first-order valence-corrected chi connectivity index (χ1v) is 8.47. The largest absolute Gasteiger partial charge is 0.463 e. The van der Waals surface area contributed by atoms with Crippen molar-refractivity contribution in [2.45, 2.75) is 13.1 Å². The summed E-state index contributed by atoms with van der Waals surface area (Å²) in [4.78, 5) is 24.9. The van der Waals surface area contributed by atoms with Crippen LogP contribution in [0.2, 0.25) is 0 Å². The van der Waals surface area contributed by atoms with Crippen LogP contribution in [0, 0.1) is 12.3 Å². The molecule has 0 spiro atoms. The lowest BCUT2D eigenvalue weighted by Gasteiger charge is -2.09. The molecule has 4 rings (SSSR count). The highest BCUT2D eigenvalue weighted by Gasteiger charge is 2.15. The maximum atomic E-state index is 12.5. The summed E-state index contributed by atoms with van der Waals surface area (Å²) in [6.07, 6.45) is 6.86. The van der Waals surface area contributed by atoms with Crippen LogP contribution in [0.1, 0.15) is 16.2 Å². The third-order valence-corrected chi connectivity index (χ3v) is 4.20. The van der Waals surface area contributed by atoms with Crippen LogP contribution in [-0.4, -0.2) is 25.9 Å². The fourth-order valence-corrected chi connectivity index (χ4v) is 2.88. The number of rotatable bonds is 5. The molecule has 1 aromatic carbocycles. The van der Waals surface area contributed by atoms with Gasteiger partial charge in [-0.3, -0.25) is 14.7 Å². The van der Waals surface area contributed by atoms with E-state index in [0.29, 0.717) is 27.9 Å². The second kappa shape index (κ2) is 7.25. The van der Waals surface area contributed by atoms with Crippen LogP contribution in [0.3, 0.4) is 0 Å². The number of aromatic amines is 1. The minimum Gasteiger partial charge on any atom is -0.463 e. The Hall–Kier alpha value is -4.12. The Morgan fingerprint density at radius 3 is 2.82 bits per heavy atom. The molecular weight excluding hydrogens is 358 g/mol. The van der Waals surface area contributed by atoms with Crippen molar-refractivity contribution < 1.29 is 9.21 Å². The van der Waals surface area contributed by atoms with Gasteiger partial charge in [0, 0.05) is 11.5 Å². The van der Waals surface area contributed by atoms with Crippen LogP contribution in [0.25, 0.3) is 22.2 Å². The quantitative estimate of drug-likeness (QED) is 0.520. The molecule has 4 aromatic rings. The van der Waals surface area contributed by atoms with E-state index in [1.807, 2.05) is 6.07 Å². The van der Waals surface area contributed by atoms with E-state index in [1.54, 1.807) is 36.4 Å². The predicted octanol–water partition coefficient (Wildman–Crippen LogP) is 1.94. The number of furan rings is 1. The highest BCUT2D eigenvalue weighted by atomic mass is 16.3. The number of aromatic nitrogens is 4. The van der Waals surface area contributed by atoms with Gasteiger partial charge in [-0.2, -0.15) is 10.2 Å². The molecular formula is C20H15N5O3. The lowest BCUT2D eigenvalue weighted by atomic mass is 10.1. The van der Waals surface area contributed by atoms with E-state index in [4.69, 9.17) is 10.8 Å². The molecule has 0 atom stereocenters. The molecule has 0 aliphatic rings. The van der Waals surface area contributed by atoms with Gasteiger partial charge in [-0.05, 0) is 18.2 Å². The molecule has 0 aliphatic heterocycles. The molecule has 138 valence electrons. The van der Waals surface area contributed by atoms with Crippen LogP contribution in [0.4, 0.5) is 0 Å². The maximum absolute atomic E-state index is 12.5. The molecule has 0 unspecified atom stereocenters. The highest BCUT2D eigenvalue weighted by Crippen LogP contribution is 2.18. The summed E-state index contributed by atoms with van der Waals surface area (Å²) < 4.78 is 6.49. The van der Waals surface area contributed by atoms with Gasteiger partial charge >= 0.3 is 0 Å². The summed E-state index contributed by atoms with van der Waals surface area (Å²) in [5.41, 5.74) is 1.09. The molecule has 0 saturated carbocycles. The Labute approximate surface area is 159 Å². The number of amides is 1. The van der Waals surface area contributed by atoms with Crippen molar-refractivity contribution in [3.63, 3.8) is 0 Å². The van der Waals surface area contributed by atoms with Crippen molar-refractivity contribution in [1.82, 2.24) is 25.3 Å². The van der Waals surface area contributed by atoms with Crippen LogP contribution in [0.5, 0.6) is 0 Å². The molecule has 2 N–H and O–H groups in total. The SMILES string of the molecule is C#CCn1nc(CNC(=O)c2cc(-c3ccco3)[nH]n2)c2ccccc2c1=O. The van der Waals surface area contributed by atoms with Gasteiger partial charge in [0.2, 0.25) is 0 Å². The molecule has 28 heavy (non-hydrogen) atoms. The maximum Gasteiger partial charge on any atom is 0.275 e. The zero-order chi connectivity index (χ0) is 19.5. The molecule has 1 amide bonds. The minimum absolute atomic E-state index is 0.0521. The molecule has 0 saturated heterocycles. The fraction of sp³-hybridized carbons (Fsp3) is 0.100. The van der Waals surface area contributed by atoms with Crippen LogP contribution in [0.15, 0.2) is 57.9 Å². The first-order chi connectivity index (χ1) is 13.7. The van der Waals surface area contributed by atoms with Gasteiger partial charge in [0.15, 0.2) is 11.5 Å². The van der Waals surface area contributed by atoms with Gasteiger partial charge in [-0.25, -0.2) is 4.68 Å². The van der Waals surface area contributed by atoms with Gasteiger partial charge in [0.1, 0.15) is 12.2 Å². The van der Waals surface area contributed by atoms with Gasteiger partial charge in [-0.15, -0.1) is 6.42 Å². The number of nitrogens with one attached hydrogen (secondary N) is 2. The first-order valence-electron chi connectivity index (χ1n) is 8.47. The number of carbonyl (C=O) groups excluding carboxylic acids is 1. The van der Waals surface area contributed by atoms with E-state index < -0.39 is 0 Å². The van der Waals surface area contributed by atoms with E-state index in [0.717, 1.165) is 0 Å². The Balaban J connectivity index is 1.59. The summed E-state index contributed by atoms with van der Waals surface area (Å²) in [6.45, 7) is 0.170. The van der Waals surface area contributed by atoms with Crippen LogP contribution in [-0.2, 0) is 13.1 Å². The molecule has 3 aromatic heterocycles. The second-order valence-electron chi connectivity index (χ2n) is 5.99. The third kappa shape index (κ3) is 3.17. The van der Waals surface area contributed by atoms with E-state index in [9.17, 15) is 9.59 Å². The third-order valence-electron chi connectivity index (χ3n) is 4.20.